The summed E-state index contributed by atoms with van der Waals surface area (Å²) in [5, 5.41) is 15.8. The van der Waals surface area contributed by atoms with Crippen molar-refractivity contribution in [3.8, 4) is 5.75 Å². The predicted molar refractivity (Wildman–Crippen MR) is 98.6 cm³/mol. The Labute approximate surface area is 149 Å². The van der Waals surface area contributed by atoms with Crippen LogP contribution in [0.2, 0.25) is 0 Å². The molecule has 0 saturated heterocycles. The smallest absolute Gasteiger partial charge is 0.135 e. The first-order valence-electron chi connectivity index (χ1n) is 8.10. The van der Waals surface area contributed by atoms with Gasteiger partial charge in [0.05, 0.1) is 5.71 Å². The number of hydrogen-bond acceptors (Lipinski definition) is 4. The minimum Gasteiger partial charge on any atom is -0.507 e. The number of aromatic hydroxyl groups is 1. The summed E-state index contributed by atoms with van der Waals surface area (Å²) in [4.78, 5) is 5.94. The quantitative estimate of drug-likeness (QED) is 0.710. The molecule has 0 unspecified atom stereocenters. The van der Waals surface area contributed by atoms with E-state index in [4.69, 9.17) is 4.99 Å². The lowest BCUT2D eigenvalue weighted by Gasteiger charge is -2.30. The number of nitrogens with one attached hydrogen (secondary N) is 1. The van der Waals surface area contributed by atoms with E-state index in [1.807, 2.05) is 29.6 Å². The van der Waals surface area contributed by atoms with Gasteiger partial charge in [0.25, 0.3) is 0 Å². The number of thiophene rings is 1. The monoisotopic (exact) mass is 352 g/mol. The van der Waals surface area contributed by atoms with Crippen LogP contribution in [-0.2, 0) is 0 Å². The van der Waals surface area contributed by atoms with Gasteiger partial charge in [-0.2, -0.15) is 0 Å². The molecular weight excluding hydrogens is 335 g/mol. The molecule has 2 aromatic carbocycles. The summed E-state index contributed by atoms with van der Waals surface area (Å²) in [6.45, 7) is 0. The van der Waals surface area contributed by atoms with E-state index in [1.165, 1.54) is 12.1 Å². The van der Waals surface area contributed by atoms with Gasteiger partial charge in [-0.1, -0.05) is 30.3 Å². The second-order valence-corrected chi connectivity index (χ2v) is 6.97. The van der Waals surface area contributed by atoms with Crippen molar-refractivity contribution in [3.63, 3.8) is 0 Å². The maximum atomic E-state index is 13.3. The molecule has 1 aliphatic heterocycles. The van der Waals surface area contributed by atoms with Gasteiger partial charge < -0.3 is 5.11 Å². The van der Waals surface area contributed by atoms with Crippen LogP contribution in [0.15, 0.2) is 71.0 Å². The molecular formula is C20H17FN2OS. The third kappa shape index (κ3) is 3.34. The van der Waals surface area contributed by atoms with Gasteiger partial charge in [-0.25, -0.2) is 4.39 Å². The second-order valence-electron chi connectivity index (χ2n) is 5.99. The Balaban J connectivity index is 1.74. The molecule has 0 fully saturated rings. The Bertz CT molecular complexity index is 890. The van der Waals surface area contributed by atoms with Gasteiger partial charge in [-0.15, -0.1) is 11.3 Å². The molecule has 1 aliphatic rings. The number of para-hydroxylation sites is 1. The molecule has 126 valence electrons. The van der Waals surface area contributed by atoms with Crippen LogP contribution in [0.5, 0.6) is 5.75 Å². The third-order valence-corrected chi connectivity index (χ3v) is 5.27. The number of halogens is 1. The first-order chi connectivity index (χ1) is 12.2. The number of nitrogens with zero attached hydrogens (tertiary/aromatic N) is 1. The summed E-state index contributed by atoms with van der Waals surface area (Å²) in [5.74, 6) is -0.0186. The SMILES string of the molecule is Oc1ccccc1C1=N[C@H](c2cccs2)N[C@@H](c2ccc(F)cc2)C1. The van der Waals surface area contributed by atoms with Crippen LogP contribution >= 0.6 is 11.3 Å². The topological polar surface area (TPSA) is 44.6 Å². The molecule has 0 bridgehead atoms. The minimum atomic E-state index is -0.246. The summed E-state index contributed by atoms with van der Waals surface area (Å²) in [6.07, 6.45) is 0.448. The first-order valence-corrected chi connectivity index (χ1v) is 8.98. The van der Waals surface area contributed by atoms with Gasteiger partial charge in [0.2, 0.25) is 0 Å². The number of rotatable bonds is 3. The molecule has 0 spiro atoms. The molecule has 1 aromatic heterocycles. The van der Waals surface area contributed by atoms with Gasteiger partial charge in [0.1, 0.15) is 17.7 Å². The molecule has 2 N–H and O–H groups in total. The fourth-order valence-corrected chi connectivity index (χ4v) is 3.81. The van der Waals surface area contributed by atoms with Gasteiger partial charge in [0.15, 0.2) is 0 Å². The van der Waals surface area contributed by atoms with Crippen molar-refractivity contribution in [3.05, 3.63) is 87.9 Å². The number of hydrogen-bond donors (Lipinski definition) is 2. The van der Waals surface area contributed by atoms with Crippen molar-refractivity contribution in [1.82, 2.24) is 5.32 Å². The van der Waals surface area contributed by atoms with Crippen LogP contribution in [0.1, 0.15) is 34.6 Å². The Morgan fingerprint density at radius 1 is 1.04 bits per heavy atom. The van der Waals surface area contributed by atoms with Crippen molar-refractivity contribution in [2.24, 2.45) is 4.99 Å². The van der Waals surface area contributed by atoms with E-state index in [0.29, 0.717) is 6.42 Å². The van der Waals surface area contributed by atoms with Crippen LogP contribution in [0.4, 0.5) is 4.39 Å². The van der Waals surface area contributed by atoms with Crippen molar-refractivity contribution in [2.75, 3.05) is 0 Å². The highest BCUT2D eigenvalue weighted by Crippen LogP contribution is 2.33. The molecule has 2 atom stereocenters. The van der Waals surface area contributed by atoms with Crippen molar-refractivity contribution < 1.29 is 9.50 Å². The molecule has 0 saturated carbocycles. The molecule has 5 heteroatoms. The summed E-state index contributed by atoms with van der Waals surface area (Å²) >= 11 is 1.64. The molecule has 0 aliphatic carbocycles. The average Bonchev–Trinajstić information content (AvgIpc) is 3.17. The third-order valence-electron chi connectivity index (χ3n) is 4.34. The van der Waals surface area contributed by atoms with Crippen molar-refractivity contribution in [2.45, 2.75) is 18.6 Å². The largest absolute Gasteiger partial charge is 0.507 e. The fourth-order valence-electron chi connectivity index (χ4n) is 3.09. The van der Waals surface area contributed by atoms with E-state index in [-0.39, 0.29) is 23.8 Å². The van der Waals surface area contributed by atoms with Gasteiger partial charge >= 0.3 is 0 Å². The Kier molecular flexibility index (Phi) is 4.34. The maximum absolute atomic E-state index is 13.3. The zero-order chi connectivity index (χ0) is 17.2. The zero-order valence-corrected chi connectivity index (χ0v) is 14.2. The molecule has 25 heavy (non-hydrogen) atoms. The summed E-state index contributed by atoms with van der Waals surface area (Å²) in [6, 6.07) is 17.8. The molecule has 0 amide bonds. The number of aliphatic imine (C=N–C) groups is 1. The highest BCUT2D eigenvalue weighted by atomic mass is 32.1. The number of phenols is 1. The zero-order valence-electron chi connectivity index (χ0n) is 13.4. The van der Waals surface area contributed by atoms with E-state index in [2.05, 4.69) is 5.32 Å². The van der Waals surface area contributed by atoms with Crippen molar-refractivity contribution >= 4 is 17.0 Å². The highest BCUT2D eigenvalue weighted by molar-refractivity contribution is 7.10. The van der Waals surface area contributed by atoms with Crippen LogP contribution in [-0.4, -0.2) is 10.8 Å². The molecule has 0 radical (unpaired) electrons. The van der Waals surface area contributed by atoms with Crippen LogP contribution < -0.4 is 5.32 Å². The fraction of sp³-hybridized carbons (Fsp3) is 0.150. The lowest BCUT2D eigenvalue weighted by Crippen LogP contribution is -2.32. The lowest BCUT2D eigenvalue weighted by molar-refractivity contribution is 0.443. The molecule has 3 nitrogen and oxygen atoms in total. The minimum absolute atomic E-state index is 0.000180. The van der Waals surface area contributed by atoms with Gasteiger partial charge in [-0.3, -0.25) is 10.3 Å². The first kappa shape index (κ1) is 16.0. The highest BCUT2D eigenvalue weighted by Gasteiger charge is 2.27. The Morgan fingerprint density at radius 2 is 1.84 bits per heavy atom. The average molecular weight is 352 g/mol. The van der Waals surface area contributed by atoms with Gasteiger partial charge in [-0.05, 0) is 41.3 Å². The van der Waals surface area contributed by atoms with Crippen LogP contribution in [0.3, 0.4) is 0 Å². The van der Waals surface area contributed by atoms with E-state index in [0.717, 1.165) is 21.7 Å². The van der Waals surface area contributed by atoms with E-state index >= 15 is 0 Å². The second kappa shape index (κ2) is 6.78. The van der Waals surface area contributed by atoms with Gasteiger partial charge in [0, 0.05) is 22.9 Å². The van der Waals surface area contributed by atoms with E-state index < -0.39 is 0 Å². The van der Waals surface area contributed by atoms with Crippen LogP contribution in [0, 0.1) is 5.82 Å². The normalized spacial score (nSPS) is 20.3. The Hall–Kier alpha value is -2.50. The number of benzene rings is 2. The Morgan fingerprint density at radius 3 is 2.56 bits per heavy atom. The van der Waals surface area contributed by atoms with Crippen LogP contribution in [0.25, 0.3) is 0 Å². The predicted octanol–water partition coefficient (Wildman–Crippen LogP) is 4.82. The standard InChI is InChI=1S/C20H17FN2OS/c21-14-9-7-13(8-10-14)16-12-17(15-4-1-2-5-18(15)24)23-20(22-16)19-6-3-11-25-19/h1-11,16,20,22,24H,12H2/t16-,20-/m1/s1. The van der Waals surface area contributed by atoms with E-state index in [1.54, 1.807) is 35.6 Å². The number of phenolic OH excluding ortho intramolecular Hbond substituents is 1. The summed E-state index contributed by atoms with van der Waals surface area (Å²) in [7, 11) is 0. The van der Waals surface area contributed by atoms with Crippen molar-refractivity contribution in [1.29, 1.82) is 0 Å². The molecule has 2 heterocycles. The summed E-state index contributed by atoms with van der Waals surface area (Å²) in [5.41, 5.74) is 2.60. The van der Waals surface area contributed by atoms with E-state index in [9.17, 15) is 9.50 Å². The lowest BCUT2D eigenvalue weighted by atomic mass is 9.94. The molecule has 3 aromatic rings. The maximum Gasteiger partial charge on any atom is 0.135 e. The summed E-state index contributed by atoms with van der Waals surface area (Å²) < 4.78 is 13.3. The molecule has 4 rings (SSSR count).